The van der Waals surface area contributed by atoms with Crippen LogP contribution in [0.25, 0.3) is 0 Å². The molecule has 0 radical (unpaired) electrons. The van der Waals surface area contributed by atoms with E-state index in [1.165, 1.54) is 18.7 Å². The number of ketones is 2. The Bertz CT molecular complexity index is 299. The highest BCUT2D eigenvalue weighted by atomic mass is 16.4. The molecule has 5 nitrogen and oxygen atoms in total. The minimum atomic E-state index is -0.926. The monoisotopic (exact) mass is 227 g/mol. The van der Waals surface area contributed by atoms with Crippen LogP contribution in [0, 0.1) is 11.8 Å². The summed E-state index contributed by atoms with van der Waals surface area (Å²) in [6.07, 6.45) is 0.294. The molecule has 16 heavy (non-hydrogen) atoms. The molecule has 0 aromatic carbocycles. The summed E-state index contributed by atoms with van der Waals surface area (Å²) in [6, 6.07) is 0. The summed E-state index contributed by atoms with van der Waals surface area (Å²) in [7, 11) is 0. The smallest absolute Gasteiger partial charge is 0.407 e. The molecule has 1 saturated heterocycles. The molecule has 0 bridgehead atoms. The van der Waals surface area contributed by atoms with E-state index in [0.29, 0.717) is 19.5 Å². The zero-order valence-corrected chi connectivity index (χ0v) is 9.60. The predicted molar refractivity (Wildman–Crippen MR) is 57.2 cm³/mol. The van der Waals surface area contributed by atoms with Gasteiger partial charge in [0.05, 0.1) is 5.92 Å². The first-order valence-electron chi connectivity index (χ1n) is 5.40. The third-order valence-corrected chi connectivity index (χ3v) is 3.11. The third-order valence-electron chi connectivity index (χ3n) is 3.11. The van der Waals surface area contributed by atoms with E-state index in [9.17, 15) is 14.4 Å². The molecule has 5 heteroatoms. The van der Waals surface area contributed by atoms with Gasteiger partial charge >= 0.3 is 6.09 Å². The maximum absolute atomic E-state index is 11.2. The molecule has 90 valence electrons. The summed E-state index contributed by atoms with van der Waals surface area (Å²) < 4.78 is 0. The topological polar surface area (TPSA) is 74.7 Å². The molecule has 1 amide bonds. The molecule has 1 aliphatic rings. The fourth-order valence-electron chi connectivity index (χ4n) is 2.15. The average Bonchev–Trinajstić information content (AvgIpc) is 2.61. The minimum absolute atomic E-state index is 0.124. The van der Waals surface area contributed by atoms with Gasteiger partial charge in [-0.25, -0.2) is 4.79 Å². The van der Waals surface area contributed by atoms with Crippen LogP contribution < -0.4 is 0 Å². The maximum atomic E-state index is 11.2. The molecule has 0 aromatic rings. The summed E-state index contributed by atoms with van der Waals surface area (Å²) in [5.74, 6) is -0.671. The van der Waals surface area contributed by atoms with Crippen molar-refractivity contribution in [3.05, 3.63) is 0 Å². The summed E-state index contributed by atoms with van der Waals surface area (Å²) in [4.78, 5) is 34.5. The van der Waals surface area contributed by atoms with Crippen LogP contribution in [0.5, 0.6) is 0 Å². The second-order valence-electron chi connectivity index (χ2n) is 4.39. The van der Waals surface area contributed by atoms with Crippen LogP contribution in [0.4, 0.5) is 4.79 Å². The van der Waals surface area contributed by atoms with Crippen molar-refractivity contribution in [2.75, 3.05) is 13.1 Å². The van der Waals surface area contributed by atoms with E-state index < -0.39 is 12.0 Å². The number of carbonyl (C=O) groups excluding carboxylic acids is 2. The maximum Gasteiger partial charge on any atom is 0.407 e. The van der Waals surface area contributed by atoms with Gasteiger partial charge in [0, 0.05) is 13.1 Å². The van der Waals surface area contributed by atoms with Crippen LogP contribution in [0.3, 0.4) is 0 Å². The third kappa shape index (κ3) is 3.05. The Morgan fingerprint density at radius 1 is 1.31 bits per heavy atom. The summed E-state index contributed by atoms with van der Waals surface area (Å²) in [6.45, 7) is 3.76. The average molecular weight is 227 g/mol. The number of carbonyl (C=O) groups is 3. The van der Waals surface area contributed by atoms with E-state index in [-0.39, 0.29) is 17.5 Å². The number of nitrogens with zero attached hydrogens (tertiary/aromatic N) is 1. The van der Waals surface area contributed by atoms with Gasteiger partial charge in [0.25, 0.3) is 0 Å². The van der Waals surface area contributed by atoms with Gasteiger partial charge in [0.2, 0.25) is 0 Å². The fraction of sp³-hybridized carbons (Fsp3) is 0.727. The van der Waals surface area contributed by atoms with Crippen molar-refractivity contribution in [3.8, 4) is 0 Å². The van der Waals surface area contributed by atoms with Crippen molar-refractivity contribution >= 4 is 17.7 Å². The highest BCUT2D eigenvalue weighted by Crippen LogP contribution is 2.24. The van der Waals surface area contributed by atoms with Crippen LogP contribution in [-0.4, -0.2) is 40.8 Å². The van der Waals surface area contributed by atoms with Crippen molar-refractivity contribution in [1.82, 2.24) is 4.90 Å². The first-order valence-corrected chi connectivity index (χ1v) is 5.40. The lowest BCUT2D eigenvalue weighted by molar-refractivity contribution is -0.131. The lowest BCUT2D eigenvalue weighted by Crippen LogP contribution is -2.28. The van der Waals surface area contributed by atoms with Crippen molar-refractivity contribution < 1.29 is 19.5 Å². The Hall–Kier alpha value is -1.39. The first-order chi connectivity index (χ1) is 7.41. The molecule has 1 aliphatic heterocycles. The Labute approximate surface area is 94.4 Å². The molecular weight excluding hydrogens is 210 g/mol. The van der Waals surface area contributed by atoms with E-state index in [1.807, 2.05) is 0 Å². The normalized spacial score (nSPS) is 20.2. The van der Waals surface area contributed by atoms with E-state index in [4.69, 9.17) is 5.11 Å². The zero-order valence-electron chi connectivity index (χ0n) is 9.60. The molecular formula is C11H17NO4. The Balaban J connectivity index is 2.52. The van der Waals surface area contributed by atoms with E-state index in [2.05, 4.69) is 0 Å². The molecule has 1 unspecified atom stereocenters. The summed E-state index contributed by atoms with van der Waals surface area (Å²) >= 11 is 0. The second-order valence-corrected chi connectivity index (χ2v) is 4.39. The van der Waals surface area contributed by atoms with Gasteiger partial charge in [-0.15, -0.1) is 0 Å². The van der Waals surface area contributed by atoms with Crippen molar-refractivity contribution in [2.24, 2.45) is 11.8 Å². The Morgan fingerprint density at radius 3 is 2.25 bits per heavy atom. The molecule has 1 fully saturated rings. The molecule has 1 heterocycles. The summed E-state index contributed by atoms with van der Waals surface area (Å²) in [5, 5.41) is 8.78. The predicted octanol–water partition coefficient (Wildman–Crippen LogP) is 1.17. The van der Waals surface area contributed by atoms with Crippen molar-refractivity contribution in [2.45, 2.75) is 26.7 Å². The molecule has 1 rings (SSSR count). The zero-order chi connectivity index (χ0) is 12.3. The van der Waals surface area contributed by atoms with Gasteiger partial charge in [-0.3, -0.25) is 9.59 Å². The largest absolute Gasteiger partial charge is 0.465 e. The molecule has 0 spiro atoms. The number of Topliss-reactive ketones (excluding diaryl/α,β-unsaturated/α-hetero) is 2. The lowest BCUT2D eigenvalue weighted by atomic mass is 9.88. The standard InChI is InChI=1S/C11H17NO4/c1-7(13)10(8(2)14)5-9-3-4-12(6-9)11(15)16/h9-10H,3-6H2,1-2H3,(H,15,16). The van der Waals surface area contributed by atoms with E-state index in [1.54, 1.807) is 0 Å². The quantitative estimate of drug-likeness (QED) is 0.731. The van der Waals surface area contributed by atoms with Gasteiger partial charge < -0.3 is 10.0 Å². The number of likely N-dealkylation sites (tertiary alicyclic amines) is 1. The summed E-state index contributed by atoms with van der Waals surface area (Å²) in [5.41, 5.74) is 0. The molecule has 1 N–H and O–H groups in total. The van der Waals surface area contributed by atoms with E-state index >= 15 is 0 Å². The number of rotatable bonds is 4. The van der Waals surface area contributed by atoms with E-state index in [0.717, 1.165) is 6.42 Å². The van der Waals surface area contributed by atoms with Gasteiger partial charge in [0.15, 0.2) is 0 Å². The second kappa shape index (κ2) is 5.09. The Morgan fingerprint density at radius 2 is 1.88 bits per heavy atom. The molecule has 1 atom stereocenters. The van der Waals surface area contributed by atoms with Gasteiger partial charge in [0.1, 0.15) is 11.6 Å². The highest BCUT2D eigenvalue weighted by molar-refractivity contribution is 6.00. The lowest BCUT2D eigenvalue weighted by Gasteiger charge is -2.16. The minimum Gasteiger partial charge on any atom is -0.465 e. The van der Waals surface area contributed by atoms with Crippen LogP contribution in [-0.2, 0) is 9.59 Å². The van der Waals surface area contributed by atoms with Gasteiger partial charge in [-0.05, 0) is 32.6 Å². The number of hydrogen-bond donors (Lipinski definition) is 1. The Kier molecular flexibility index (Phi) is 4.04. The molecule has 0 saturated carbocycles. The molecule has 0 aromatic heterocycles. The number of hydrogen-bond acceptors (Lipinski definition) is 3. The van der Waals surface area contributed by atoms with Crippen LogP contribution in [0.15, 0.2) is 0 Å². The van der Waals surface area contributed by atoms with Crippen LogP contribution in [0.1, 0.15) is 26.7 Å². The van der Waals surface area contributed by atoms with Gasteiger partial charge in [-0.1, -0.05) is 0 Å². The van der Waals surface area contributed by atoms with Crippen LogP contribution in [0.2, 0.25) is 0 Å². The van der Waals surface area contributed by atoms with Crippen LogP contribution >= 0.6 is 0 Å². The number of carboxylic acid groups (broad SMARTS) is 1. The van der Waals surface area contributed by atoms with Gasteiger partial charge in [-0.2, -0.15) is 0 Å². The highest BCUT2D eigenvalue weighted by Gasteiger charge is 2.30. The first kappa shape index (κ1) is 12.7. The number of amides is 1. The SMILES string of the molecule is CC(=O)C(CC1CCN(C(=O)O)C1)C(C)=O. The van der Waals surface area contributed by atoms with Crippen molar-refractivity contribution in [1.29, 1.82) is 0 Å². The van der Waals surface area contributed by atoms with Crippen molar-refractivity contribution in [3.63, 3.8) is 0 Å². The fourth-order valence-corrected chi connectivity index (χ4v) is 2.15. The molecule has 0 aliphatic carbocycles.